The van der Waals surface area contributed by atoms with Crippen molar-refractivity contribution in [1.82, 2.24) is 10.2 Å². The molecule has 5 heteroatoms. The van der Waals surface area contributed by atoms with Gasteiger partial charge in [-0.2, -0.15) is 0 Å². The monoisotopic (exact) mass is 384 g/mol. The maximum absolute atomic E-state index is 13.3. The fourth-order valence-corrected chi connectivity index (χ4v) is 2.72. The van der Waals surface area contributed by atoms with Crippen molar-refractivity contribution in [1.29, 1.82) is 0 Å². The quantitative estimate of drug-likeness (QED) is 0.253. The van der Waals surface area contributed by atoms with Gasteiger partial charge in [-0.25, -0.2) is 8.78 Å². The smallest absolute Gasteiger partial charge is 0.264 e. The Bertz CT molecular complexity index is 559. The molecule has 0 rings (SSSR count). The molecule has 26 heavy (non-hydrogen) atoms. The molecule has 0 heterocycles. The van der Waals surface area contributed by atoms with E-state index in [4.69, 9.17) is 12.2 Å². The van der Waals surface area contributed by atoms with Crippen LogP contribution >= 0.6 is 12.2 Å². The van der Waals surface area contributed by atoms with Crippen molar-refractivity contribution >= 4 is 17.2 Å². The summed E-state index contributed by atoms with van der Waals surface area (Å²) < 4.78 is 26.5. The molecule has 148 valence electrons. The molecule has 1 N–H and O–H groups in total. The minimum absolute atomic E-state index is 0.235. The highest BCUT2D eigenvalue weighted by Gasteiger charge is 2.30. The normalized spacial score (nSPS) is 15.2. The molecule has 0 aliphatic rings. The van der Waals surface area contributed by atoms with Gasteiger partial charge in [0.15, 0.2) is 0 Å². The third-order valence-electron chi connectivity index (χ3n) is 4.58. The summed E-state index contributed by atoms with van der Waals surface area (Å²) in [6.45, 7) is 18.5. The van der Waals surface area contributed by atoms with Crippen molar-refractivity contribution in [3.05, 3.63) is 48.4 Å². The Labute approximate surface area is 163 Å². The maximum Gasteiger partial charge on any atom is 0.264 e. The highest BCUT2D eigenvalue weighted by atomic mass is 32.1. The van der Waals surface area contributed by atoms with Crippen LogP contribution in [0.15, 0.2) is 48.4 Å². The zero-order chi connectivity index (χ0) is 20.5. The first-order chi connectivity index (χ1) is 12.0. The standard InChI is InChI=1S/C21H34F2N2S/c1-9-12-19(10-2)25(11-3)17(6)15(4)13-14-16(5)20(26)24-18(7)21(8,22)23/h11,13-14,18-19H,3,5,9-10,12H2,1-2,4,6-8H3,(H,24,26)/b14-13-,17-15+/t18-,19?/m1/s1. The van der Waals surface area contributed by atoms with Gasteiger partial charge in [0.05, 0.1) is 6.04 Å². The highest BCUT2D eigenvalue weighted by molar-refractivity contribution is 7.80. The number of halogens is 2. The Hall–Kier alpha value is -1.49. The second-order valence-corrected chi connectivity index (χ2v) is 7.13. The van der Waals surface area contributed by atoms with Gasteiger partial charge in [0.2, 0.25) is 0 Å². The van der Waals surface area contributed by atoms with E-state index in [9.17, 15) is 8.78 Å². The SMILES string of the molecule is C=CN(/C(C)=C(C)/C=C\C(=C)C(=S)N[C@H](C)C(C)(F)F)C(CC)CCC. The molecule has 0 fully saturated rings. The Morgan fingerprint density at radius 2 is 1.85 bits per heavy atom. The van der Waals surface area contributed by atoms with E-state index in [-0.39, 0.29) is 4.99 Å². The molecular formula is C21H34F2N2S. The molecule has 0 aromatic rings. The summed E-state index contributed by atoms with van der Waals surface area (Å²) >= 11 is 5.17. The lowest BCUT2D eigenvalue weighted by Crippen LogP contribution is -2.43. The van der Waals surface area contributed by atoms with Gasteiger partial charge in [-0.1, -0.05) is 57.8 Å². The topological polar surface area (TPSA) is 15.3 Å². The fourth-order valence-electron chi connectivity index (χ4n) is 2.47. The fraction of sp³-hybridized carbons (Fsp3) is 0.571. The number of thiocarbonyl (C=S) groups is 1. The number of nitrogens with zero attached hydrogens (tertiary/aromatic N) is 1. The number of nitrogens with one attached hydrogen (secondary N) is 1. The lowest BCUT2D eigenvalue weighted by atomic mass is 10.1. The van der Waals surface area contributed by atoms with Crippen LogP contribution in [0.5, 0.6) is 0 Å². The van der Waals surface area contributed by atoms with Crippen LogP contribution in [-0.4, -0.2) is 27.9 Å². The van der Waals surface area contributed by atoms with Gasteiger partial charge in [-0.3, -0.25) is 0 Å². The molecular weight excluding hydrogens is 350 g/mol. The summed E-state index contributed by atoms with van der Waals surface area (Å²) in [6, 6.07) is -0.631. The van der Waals surface area contributed by atoms with E-state index in [2.05, 4.69) is 44.1 Å². The number of rotatable bonds is 11. The highest BCUT2D eigenvalue weighted by Crippen LogP contribution is 2.21. The molecule has 0 aliphatic heterocycles. The average Bonchev–Trinajstić information content (AvgIpc) is 2.57. The maximum atomic E-state index is 13.3. The largest absolute Gasteiger partial charge is 0.367 e. The van der Waals surface area contributed by atoms with Crippen LogP contribution in [0.2, 0.25) is 0 Å². The van der Waals surface area contributed by atoms with Crippen molar-refractivity contribution in [3.63, 3.8) is 0 Å². The Balaban J connectivity index is 5.16. The van der Waals surface area contributed by atoms with Crippen molar-refractivity contribution < 1.29 is 8.78 Å². The summed E-state index contributed by atoms with van der Waals surface area (Å²) in [5.41, 5.74) is 2.67. The van der Waals surface area contributed by atoms with E-state index < -0.39 is 12.0 Å². The van der Waals surface area contributed by atoms with E-state index in [1.165, 1.54) is 6.92 Å². The molecule has 0 amide bonds. The van der Waals surface area contributed by atoms with E-state index in [1.54, 1.807) is 6.08 Å². The Kier molecular flexibility index (Phi) is 10.6. The van der Waals surface area contributed by atoms with Crippen LogP contribution in [0.4, 0.5) is 8.78 Å². The van der Waals surface area contributed by atoms with Crippen molar-refractivity contribution in [2.75, 3.05) is 0 Å². The second-order valence-electron chi connectivity index (χ2n) is 6.72. The molecule has 0 bridgehead atoms. The lowest BCUT2D eigenvalue weighted by molar-refractivity contribution is -0.00574. The van der Waals surface area contributed by atoms with Gasteiger partial charge in [-0.05, 0) is 45.4 Å². The predicted molar refractivity (Wildman–Crippen MR) is 113 cm³/mol. The molecule has 0 aromatic heterocycles. The van der Waals surface area contributed by atoms with Gasteiger partial charge < -0.3 is 10.2 Å². The Morgan fingerprint density at radius 3 is 2.27 bits per heavy atom. The van der Waals surface area contributed by atoms with Crippen LogP contribution in [-0.2, 0) is 0 Å². The van der Waals surface area contributed by atoms with E-state index in [0.29, 0.717) is 11.6 Å². The molecule has 2 atom stereocenters. The molecule has 0 saturated heterocycles. The second kappa shape index (κ2) is 11.3. The van der Waals surface area contributed by atoms with Crippen LogP contribution in [0, 0.1) is 0 Å². The van der Waals surface area contributed by atoms with Gasteiger partial charge in [0.25, 0.3) is 5.92 Å². The van der Waals surface area contributed by atoms with Crippen LogP contribution in [0.1, 0.15) is 60.8 Å². The summed E-state index contributed by atoms with van der Waals surface area (Å²) in [5.74, 6) is -2.85. The molecule has 0 aliphatic carbocycles. The Morgan fingerprint density at radius 1 is 1.27 bits per heavy atom. The molecule has 0 radical (unpaired) electrons. The molecule has 0 saturated carbocycles. The first-order valence-corrected chi connectivity index (χ1v) is 9.54. The average molecular weight is 385 g/mol. The van der Waals surface area contributed by atoms with E-state index in [1.807, 2.05) is 19.2 Å². The van der Waals surface area contributed by atoms with Crippen LogP contribution in [0.25, 0.3) is 0 Å². The van der Waals surface area contributed by atoms with Crippen molar-refractivity contribution in [3.8, 4) is 0 Å². The van der Waals surface area contributed by atoms with Crippen molar-refractivity contribution in [2.24, 2.45) is 0 Å². The first kappa shape index (κ1) is 24.5. The van der Waals surface area contributed by atoms with Gasteiger partial charge >= 0.3 is 0 Å². The molecule has 0 spiro atoms. The van der Waals surface area contributed by atoms with Gasteiger partial charge in [0, 0.05) is 24.2 Å². The lowest BCUT2D eigenvalue weighted by Gasteiger charge is -2.31. The minimum Gasteiger partial charge on any atom is -0.367 e. The third kappa shape index (κ3) is 7.81. The first-order valence-electron chi connectivity index (χ1n) is 9.13. The zero-order valence-corrected chi connectivity index (χ0v) is 17.9. The van der Waals surface area contributed by atoms with E-state index >= 15 is 0 Å². The third-order valence-corrected chi connectivity index (χ3v) is 4.96. The molecule has 2 nitrogen and oxygen atoms in total. The number of allylic oxidation sites excluding steroid dienone is 3. The number of hydrogen-bond donors (Lipinski definition) is 1. The molecule has 0 aromatic carbocycles. The van der Waals surface area contributed by atoms with E-state index in [0.717, 1.165) is 37.5 Å². The number of hydrogen-bond acceptors (Lipinski definition) is 2. The summed E-state index contributed by atoms with van der Waals surface area (Å²) in [4.78, 5) is 2.43. The zero-order valence-electron chi connectivity index (χ0n) is 17.0. The van der Waals surface area contributed by atoms with Gasteiger partial charge in [-0.15, -0.1) is 0 Å². The van der Waals surface area contributed by atoms with Crippen LogP contribution in [0.3, 0.4) is 0 Å². The van der Waals surface area contributed by atoms with Crippen LogP contribution < -0.4 is 5.32 Å². The number of alkyl halides is 2. The summed E-state index contributed by atoms with van der Waals surface area (Å²) in [5, 5.41) is 2.64. The summed E-state index contributed by atoms with van der Waals surface area (Å²) in [7, 11) is 0. The molecule has 1 unspecified atom stereocenters. The predicted octanol–water partition coefficient (Wildman–Crippen LogP) is 6.38. The minimum atomic E-state index is -2.85. The van der Waals surface area contributed by atoms with Gasteiger partial charge in [0.1, 0.15) is 4.99 Å². The summed E-state index contributed by atoms with van der Waals surface area (Å²) in [6.07, 6.45) is 8.79. The van der Waals surface area contributed by atoms with Crippen molar-refractivity contribution in [2.45, 2.75) is 78.8 Å².